The van der Waals surface area contributed by atoms with Gasteiger partial charge in [0.15, 0.2) is 0 Å². The third-order valence-electron chi connectivity index (χ3n) is 6.55. The van der Waals surface area contributed by atoms with Crippen LogP contribution >= 0.6 is 11.6 Å². The summed E-state index contributed by atoms with van der Waals surface area (Å²) in [5.41, 5.74) is 2.47. The van der Waals surface area contributed by atoms with Gasteiger partial charge in [0, 0.05) is 49.9 Å². The topological polar surface area (TPSA) is 73.9 Å². The molecule has 0 bridgehead atoms. The molecule has 6 nitrogen and oxygen atoms in total. The highest BCUT2D eigenvalue weighted by molar-refractivity contribution is 6.34. The molecule has 0 atom stereocenters. The van der Waals surface area contributed by atoms with Crippen LogP contribution in [0, 0.1) is 11.6 Å². The summed E-state index contributed by atoms with van der Waals surface area (Å²) < 4.78 is 39.7. The number of hydrogen-bond donors (Lipinski definition) is 2. The van der Waals surface area contributed by atoms with Gasteiger partial charge < -0.3 is 15.2 Å². The molecule has 2 aromatic carbocycles. The SMILES string of the molecule is O=c1[nH]c(Cc2ccc(-c3cc(F)cc(F)c3)nc2)nc2cc(NC3CCN(CCF)CC3)c(Cl)cc12. The number of halogens is 4. The van der Waals surface area contributed by atoms with E-state index in [1.54, 1.807) is 30.5 Å². The van der Waals surface area contributed by atoms with E-state index < -0.39 is 11.6 Å². The predicted molar refractivity (Wildman–Crippen MR) is 139 cm³/mol. The minimum atomic E-state index is -0.671. The van der Waals surface area contributed by atoms with E-state index in [2.05, 4.69) is 25.2 Å². The predicted octanol–water partition coefficient (Wildman–Crippen LogP) is 5.35. The molecule has 2 N–H and O–H groups in total. The molecule has 3 heterocycles. The smallest absolute Gasteiger partial charge is 0.258 e. The van der Waals surface area contributed by atoms with E-state index in [1.807, 2.05) is 0 Å². The van der Waals surface area contributed by atoms with E-state index in [0.29, 0.717) is 51.7 Å². The summed E-state index contributed by atoms with van der Waals surface area (Å²) in [6, 6.07) is 10.3. The van der Waals surface area contributed by atoms with Crippen molar-refractivity contribution in [2.75, 3.05) is 31.6 Å². The van der Waals surface area contributed by atoms with Crippen LogP contribution in [0.25, 0.3) is 22.2 Å². The summed E-state index contributed by atoms with van der Waals surface area (Å²) >= 11 is 6.47. The summed E-state index contributed by atoms with van der Waals surface area (Å²) in [6.45, 7) is 1.75. The number of benzene rings is 2. The second-order valence-corrected chi connectivity index (χ2v) is 9.60. The fraction of sp³-hybridized carbons (Fsp3) is 0.296. The molecular weight excluding hydrogens is 503 g/mol. The number of hydrogen-bond acceptors (Lipinski definition) is 5. The van der Waals surface area contributed by atoms with Crippen molar-refractivity contribution in [3.8, 4) is 11.3 Å². The van der Waals surface area contributed by atoms with Crippen LogP contribution in [0.1, 0.15) is 24.2 Å². The van der Waals surface area contributed by atoms with Gasteiger partial charge in [0.1, 0.15) is 24.1 Å². The van der Waals surface area contributed by atoms with Gasteiger partial charge in [-0.25, -0.2) is 18.2 Å². The zero-order chi connectivity index (χ0) is 25.9. The minimum absolute atomic E-state index is 0.198. The molecule has 10 heteroatoms. The van der Waals surface area contributed by atoms with Crippen LogP contribution in [-0.4, -0.2) is 52.2 Å². The Labute approximate surface area is 216 Å². The lowest BCUT2D eigenvalue weighted by Gasteiger charge is -2.32. The zero-order valence-corrected chi connectivity index (χ0v) is 20.7. The largest absolute Gasteiger partial charge is 0.381 e. The van der Waals surface area contributed by atoms with Crippen molar-refractivity contribution >= 4 is 28.2 Å². The van der Waals surface area contributed by atoms with Crippen LogP contribution in [0.15, 0.2) is 53.5 Å². The van der Waals surface area contributed by atoms with Gasteiger partial charge in [-0.05, 0) is 48.7 Å². The van der Waals surface area contributed by atoms with Crippen LogP contribution in [0.3, 0.4) is 0 Å². The third kappa shape index (κ3) is 5.94. The zero-order valence-electron chi connectivity index (χ0n) is 19.9. The molecule has 0 radical (unpaired) electrons. The second-order valence-electron chi connectivity index (χ2n) is 9.20. The molecule has 0 spiro atoms. The van der Waals surface area contributed by atoms with Crippen LogP contribution in [0.5, 0.6) is 0 Å². The Kier molecular flexibility index (Phi) is 7.43. The quantitative estimate of drug-likeness (QED) is 0.339. The first-order chi connectivity index (χ1) is 17.9. The Morgan fingerprint density at radius 2 is 1.84 bits per heavy atom. The van der Waals surface area contributed by atoms with E-state index in [0.717, 1.165) is 37.6 Å². The minimum Gasteiger partial charge on any atom is -0.381 e. The number of piperidine rings is 1. The van der Waals surface area contributed by atoms with Crippen molar-refractivity contribution in [2.24, 2.45) is 0 Å². The lowest BCUT2D eigenvalue weighted by Crippen LogP contribution is -2.40. The number of fused-ring (bicyclic) bond motifs is 1. The molecule has 0 amide bonds. The highest BCUT2D eigenvalue weighted by atomic mass is 35.5. The van der Waals surface area contributed by atoms with Gasteiger partial charge in [-0.15, -0.1) is 0 Å². The lowest BCUT2D eigenvalue weighted by molar-refractivity contribution is 0.203. The number of H-pyrrole nitrogens is 1. The molecule has 1 saturated heterocycles. The molecule has 5 rings (SSSR count). The maximum absolute atomic E-state index is 13.5. The molecule has 37 heavy (non-hydrogen) atoms. The van der Waals surface area contributed by atoms with Crippen molar-refractivity contribution < 1.29 is 13.2 Å². The van der Waals surface area contributed by atoms with Crippen molar-refractivity contribution in [3.63, 3.8) is 0 Å². The Balaban J connectivity index is 1.34. The van der Waals surface area contributed by atoms with Gasteiger partial charge in [0.25, 0.3) is 5.56 Å². The average Bonchev–Trinajstić information content (AvgIpc) is 2.86. The van der Waals surface area contributed by atoms with Crippen LogP contribution < -0.4 is 10.9 Å². The van der Waals surface area contributed by atoms with Gasteiger partial charge in [-0.2, -0.15) is 0 Å². The van der Waals surface area contributed by atoms with Crippen molar-refractivity contribution in [1.29, 1.82) is 0 Å². The molecule has 0 aliphatic carbocycles. The first kappa shape index (κ1) is 25.2. The van der Waals surface area contributed by atoms with Gasteiger partial charge in [-0.1, -0.05) is 17.7 Å². The molecule has 0 saturated carbocycles. The Morgan fingerprint density at radius 1 is 1.08 bits per heavy atom. The number of anilines is 1. The summed E-state index contributed by atoms with van der Waals surface area (Å²) in [5, 5.41) is 4.28. The number of aromatic amines is 1. The van der Waals surface area contributed by atoms with Gasteiger partial charge >= 0.3 is 0 Å². The van der Waals surface area contributed by atoms with Gasteiger partial charge in [0.2, 0.25) is 0 Å². The standard InChI is InChI=1S/C27H25ClF3N5O/c28-22-13-21-24(14-25(22)33-20-3-6-36(7-4-20)8-5-29)34-26(35-27(21)37)9-16-1-2-23(32-15-16)17-10-18(30)12-19(31)11-17/h1-2,10-15,20,33H,3-9H2,(H,34,35,37). The molecular formula is C27H25ClF3N5O. The van der Waals surface area contributed by atoms with Gasteiger partial charge in [0.05, 0.1) is 27.3 Å². The first-order valence-electron chi connectivity index (χ1n) is 12.1. The maximum atomic E-state index is 13.5. The fourth-order valence-electron chi connectivity index (χ4n) is 4.64. The van der Waals surface area contributed by atoms with Crippen molar-refractivity contribution in [2.45, 2.75) is 25.3 Å². The normalized spacial score (nSPS) is 14.8. The molecule has 1 aliphatic heterocycles. The highest BCUT2D eigenvalue weighted by Gasteiger charge is 2.20. The average molecular weight is 528 g/mol. The molecule has 0 unspecified atom stereocenters. The van der Waals surface area contributed by atoms with E-state index in [9.17, 15) is 18.0 Å². The van der Waals surface area contributed by atoms with Crippen molar-refractivity contribution in [1.82, 2.24) is 19.9 Å². The molecule has 192 valence electrons. The third-order valence-corrected chi connectivity index (χ3v) is 6.86. The van der Waals surface area contributed by atoms with E-state index in [-0.39, 0.29) is 18.3 Å². The summed E-state index contributed by atoms with van der Waals surface area (Å²) in [4.78, 5) is 26.6. The van der Waals surface area contributed by atoms with Crippen LogP contribution in [0.2, 0.25) is 5.02 Å². The summed E-state index contributed by atoms with van der Waals surface area (Å²) in [6.07, 6.45) is 3.64. The number of pyridine rings is 1. The van der Waals surface area contributed by atoms with Crippen molar-refractivity contribution in [3.05, 3.63) is 87.1 Å². The number of nitrogens with one attached hydrogen (secondary N) is 2. The fourth-order valence-corrected chi connectivity index (χ4v) is 4.86. The number of nitrogens with zero attached hydrogens (tertiary/aromatic N) is 3. The van der Waals surface area contributed by atoms with Crippen LogP contribution in [0.4, 0.5) is 18.9 Å². The Morgan fingerprint density at radius 3 is 2.51 bits per heavy atom. The molecule has 2 aromatic heterocycles. The number of rotatable bonds is 7. The maximum Gasteiger partial charge on any atom is 0.258 e. The lowest BCUT2D eigenvalue weighted by atomic mass is 10.0. The van der Waals surface area contributed by atoms with Crippen LogP contribution in [-0.2, 0) is 6.42 Å². The molecule has 4 aromatic rings. The van der Waals surface area contributed by atoms with E-state index in [4.69, 9.17) is 11.6 Å². The molecule has 1 fully saturated rings. The monoisotopic (exact) mass is 527 g/mol. The summed E-state index contributed by atoms with van der Waals surface area (Å²) in [7, 11) is 0. The highest BCUT2D eigenvalue weighted by Crippen LogP contribution is 2.28. The molecule has 1 aliphatic rings. The number of aromatic nitrogens is 3. The second kappa shape index (κ2) is 10.9. The van der Waals surface area contributed by atoms with Gasteiger partial charge in [-0.3, -0.25) is 9.78 Å². The van der Waals surface area contributed by atoms with E-state index in [1.165, 1.54) is 12.1 Å². The van der Waals surface area contributed by atoms with E-state index >= 15 is 0 Å². The number of alkyl halides is 1. The first-order valence-corrected chi connectivity index (χ1v) is 12.4. The number of likely N-dealkylation sites (tertiary alicyclic amines) is 1. The Bertz CT molecular complexity index is 1450. The summed E-state index contributed by atoms with van der Waals surface area (Å²) in [5.74, 6) is -0.887. The Hall–Kier alpha value is -3.43.